The molecular weight excluding hydrogens is 200 g/mol. The molecule has 1 N–H and O–H groups in total. The van der Waals surface area contributed by atoms with Crippen molar-refractivity contribution >= 4 is 0 Å². The van der Waals surface area contributed by atoms with Crippen molar-refractivity contribution < 1.29 is 0 Å². The summed E-state index contributed by atoms with van der Waals surface area (Å²) >= 11 is 0. The number of hydrogen-bond acceptors (Lipinski definition) is 3. The molecule has 0 aliphatic rings. The number of nitrogens with one attached hydrogen (secondary N) is 1. The second-order valence-corrected chi connectivity index (χ2v) is 3.88. The van der Waals surface area contributed by atoms with E-state index < -0.39 is 0 Å². The lowest BCUT2D eigenvalue weighted by atomic mass is 10.1. The topological polar surface area (TPSA) is 42.7 Å². The van der Waals surface area contributed by atoms with Gasteiger partial charge in [-0.3, -0.25) is 4.57 Å². The van der Waals surface area contributed by atoms with Crippen molar-refractivity contribution in [3.63, 3.8) is 0 Å². The molecule has 2 aromatic rings. The van der Waals surface area contributed by atoms with Crippen LogP contribution in [0.1, 0.15) is 16.8 Å². The standard InChI is InChI=1S/C12H16N4/c1-9-6-10(2)15-12(11(9)7-13-3)16-5-4-14-8-16/h4-6,8,13H,7H2,1-3H3. The summed E-state index contributed by atoms with van der Waals surface area (Å²) in [4.78, 5) is 8.64. The van der Waals surface area contributed by atoms with Crippen LogP contribution in [-0.2, 0) is 6.54 Å². The van der Waals surface area contributed by atoms with Gasteiger partial charge in [0, 0.05) is 30.2 Å². The Morgan fingerprint density at radius 1 is 1.38 bits per heavy atom. The van der Waals surface area contributed by atoms with Crippen LogP contribution in [0.3, 0.4) is 0 Å². The highest BCUT2D eigenvalue weighted by Gasteiger charge is 2.09. The molecule has 0 atom stereocenters. The first kappa shape index (κ1) is 10.8. The van der Waals surface area contributed by atoms with Crippen molar-refractivity contribution in [2.75, 3.05) is 7.05 Å². The highest BCUT2D eigenvalue weighted by atomic mass is 15.1. The molecule has 0 radical (unpaired) electrons. The maximum absolute atomic E-state index is 4.58. The zero-order valence-corrected chi connectivity index (χ0v) is 9.86. The lowest BCUT2D eigenvalue weighted by molar-refractivity contribution is 0.788. The van der Waals surface area contributed by atoms with Crippen LogP contribution in [0.25, 0.3) is 5.82 Å². The number of aryl methyl sites for hydroxylation is 2. The van der Waals surface area contributed by atoms with E-state index in [1.54, 1.807) is 12.5 Å². The van der Waals surface area contributed by atoms with Gasteiger partial charge in [0.15, 0.2) is 0 Å². The monoisotopic (exact) mass is 216 g/mol. The number of nitrogens with zero attached hydrogens (tertiary/aromatic N) is 3. The smallest absolute Gasteiger partial charge is 0.142 e. The third-order valence-electron chi connectivity index (χ3n) is 2.56. The van der Waals surface area contributed by atoms with E-state index in [4.69, 9.17) is 0 Å². The second kappa shape index (κ2) is 4.45. The maximum Gasteiger partial charge on any atom is 0.142 e. The number of imidazole rings is 1. The molecule has 84 valence electrons. The molecular formula is C12H16N4. The summed E-state index contributed by atoms with van der Waals surface area (Å²) in [5, 5.41) is 3.17. The quantitative estimate of drug-likeness (QED) is 0.847. The molecule has 0 spiro atoms. The average Bonchev–Trinajstić information content (AvgIpc) is 2.75. The van der Waals surface area contributed by atoms with Crippen molar-refractivity contribution in [1.29, 1.82) is 0 Å². The third-order valence-corrected chi connectivity index (χ3v) is 2.56. The molecule has 0 aliphatic carbocycles. The van der Waals surface area contributed by atoms with Crippen LogP contribution in [0.15, 0.2) is 24.8 Å². The van der Waals surface area contributed by atoms with E-state index in [1.165, 1.54) is 11.1 Å². The van der Waals surface area contributed by atoms with Gasteiger partial charge in [-0.1, -0.05) is 0 Å². The molecule has 2 rings (SSSR count). The summed E-state index contributed by atoms with van der Waals surface area (Å²) in [6.07, 6.45) is 5.46. The summed E-state index contributed by atoms with van der Waals surface area (Å²) in [5.41, 5.74) is 3.50. The van der Waals surface area contributed by atoms with E-state index in [0.717, 1.165) is 18.1 Å². The Morgan fingerprint density at radius 2 is 2.19 bits per heavy atom. The molecule has 4 heteroatoms. The molecule has 16 heavy (non-hydrogen) atoms. The van der Waals surface area contributed by atoms with Crippen LogP contribution in [-0.4, -0.2) is 21.6 Å². The fourth-order valence-corrected chi connectivity index (χ4v) is 1.84. The molecule has 0 bridgehead atoms. The molecule has 2 aromatic heterocycles. The number of hydrogen-bond donors (Lipinski definition) is 1. The van der Waals surface area contributed by atoms with Crippen molar-refractivity contribution in [3.8, 4) is 5.82 Å². The van der Waals surface area contributed by atoms with Gasteiger partial charge < -0.3 is 5.32 Å². The second-order valence-electron chi connectivity index (χ2n) is 3.88. The van der Waals surface area contributed by atoms with Crippen LogP contribution >= 0.6 is 0 Å². The predicted molar refractivity (Wildman–Crippen MR) is 63.6 cm³/mol. The lowest BCUT2D eigenvalue weighted by Crippen LogP contribution is -2.12. The molecule has 0 unspecified atom stereocenters. The zero-order valence-electron chi connectivity index (χ0n) is 9.86. The summed E-state index contributed by atoms with van der Waals surface area (Å²) in [6.45, 7) is 4.94. The highest BCUT2D eigenvalue weighted by Crippen LogP contribution is 2.17. The van der Waals surface area contributed by atoms with E-state index in [0.29, 0.717) is 0 Å². The van der Waals surface area contributed by atoms with Gasteiger partial charge >= 0.3 is 0 Å². The number of rotatable bonds is 3. The Bertz CT molecular complexity index is 474. The third kappa shape index (κ3) is 1.97. The molecule has 4 nitrogen and oxygen atoms in total. The van der Waals surface area contributed by atoms with Crippen LogP contribution in [0.2, 0.25) is 0 Å². The summed E-state index contributed by atoms with van der Waals surface area (Å²) in [6, 6.07) is 2.10. The molecule has 0 saturated carbocycles. The first-order valence-electron chi connectivity index (χ1n) is 5.32. The SMILES string of the molecule is CNCc1c(C)cc(C)nc1-n1ccnc1. The van der Waals surface area contributed by atoms with Gasteiger partial charge in [-0.15, -0.1) is 0 Å². The zero-order chi connectivity index (χ0) is 11.5. The lowest BCUT2D eigenvalue weighted by Gasteiger charge is -2.13. The first-order valence-corrected chi connectivity index (χ1v) is 5.32. The fraction of sp³-hybridized carbons (Fsp3) is 0.333. The Kier molecular flexibility index (Phi) is 3.01. The van der Waals surface area contributed by atoms with Gasteiger partial charge in [0.2, 0.25) is 0 Å². The number of aromatic nitrogens is 3. The predicted octanol–water partition coefficient (Wildman–Crippen LogP) is 1.60. The van der Waals surface area contributed by atoms with E-state index >= 15 is 0 Å². The Morgan fingerprint density at radius 3 is 2.81 bits per heavy atom. The minimum Gasteiger partial charge on any atom is -0.316 e. The Balaban J connectivity index is 2.57. The van der Waals surface area contributed by atoms with Gasteiger partial charge in [-0.2, -0.15) is 0 Å². The maximum atomic E-state index is 4.58. The molecule has 0 fully saturated rings. The van der Waals surface area contributed by atoms with E-state index in [9.17, 15) is 0 Å². The van der Waals surface area contributed by atoms with Crippen molar-refractivity contribution in [2.24, 2.45) is 0 Å². The van der Waals surface area contributed by atoms with Crippen molar-refractivity contribution in [3.05, 3.63) is 41.6 Å². The highest BCUT2D eigenvalue weighted by molar-refractivity contribution is 5.41. The van der Waals surface area contributed by atoms with Gasteiger partial charge in [0.1, 0.15) is 12.1 Å². The van der Waals surface area contributed by atoms with Crippen LogP contribution < -0.4 is 5.32 Å². The van der Waals surface area contributed by atoms with Crippen LogP contribution in [0.4, 0.5) is 0 Å². The van der Waals surface area contributed by atoms with Crippen LogP contribution in [0.5, 0.6) is 0 Å². The van der Waals surface area contributed by atoms with Crippen LogP contribution in [0, 0.1) is 13.8 Å². The largest absolute Gasteiger partial charge is 0.316 e. The number of pyridine rings is 1. The fourth-order valence-electron chi connectivity index (χ4n) is 1.84. The minimum atomic E-state index is 0.812. The minimum absolute atomic E-state index is 0.812. The average molecular weight is 216 g/mol. The Labute approximate surface area is 95.4 Å². The summed E-state index contributed by atoms with van der Waals surface area (Å²) in [7, 11) is 1.94. The Hall–Kier alpha value is -1.68. The van der Waals surface area contributed by atoms with Gasteiger partial charge in [-0.05, 0) is 32.5 Å². The van der Waals surface area contributed by atoms with Gasteiger partial charge in [0.05, 0.1) is 0 Å². The molecule has 0 saturated heterocycles. The first-order chi connectivity index (χ1) is 7.72. The molecule has 0 aliphatic heterocycles. The summed E-state index contributed by atoms with van der Waals surface area (Å²) in [5.74, 6) is 0.962. The van der Waals surface area contributed by atoms with E-state index in [2.05, 4.69) is 28.3 Å². The van der Waals surface area contributed by atoms with Crippen molar-refractivity contribution in [1.82, 2.24) is 19.9 Å². The van der Waals surface area contributed by atoms with Crippen molar-refractivity contribution in [2.45, 2.75) is 20.4 Å². The molecule has 0 aromatic carbocycles. The van der Waals surface area contributed by atoms with Gasteiger partial charge in [-0.25, -0.2) is 9.97 Å². The van der Waals surface area contributed by atoms with Gasteiger partial charge in [0.25, 0.3) is 0 Å². The molecule has 0 amide bonds. The van der Waals surface area contributed by atoms with E-state index in [1.807, 2.05) is 24.7 Å². The molecule has 2 heterocycles. The normalized spacial score (nSPS) is 10.7. The summed E-state index contributed by atoms with van der Waals surface area (Å²) < 4.78 is 1.95. The van der Waals surface area contributed by atoms with E-state index in [-0.39, 0.29) is 0 Å².